The van der Waals surface area contributed by atoms with Gasteiger partial charge in [-0.3, -0.25) is 14.8 Å². The van der Waals surface area contributed by atoms with Crippen molar-refractivity contribution in [3.05, 3.63) is 58.3 Å². The van der Waals surface area contributed by atoms with Gasteiger partial charge in [-0.15, -0.1) is 0 Å². The van der Waals surface area contributed by atoms with E-state index in [2.05, 4.69) is 25.7 Å². The molecule has 2 aromatic heterocycles. The maximum atomic E-state index is 14.8. The molecule has 2 fully saturated rings. The van der Waals surface area contributed by atoms with Gasteiger partial charge in [-0.1, -0.05) is 25.7 Å². The molecule has 0 radical (unpaired) electrons. The van der Waals surface area contributed by atoms with Crippen molar-refractivity contribution in [2.24, 2.45) is 13.0 Å². The monoisotopic (exact) mass is 680 g/mol. The zero-order valence-electron chi connectivity index (χ0n) is 27.9. The van der Waals surface area contributed by atoms with Gasteiger partial charge in [-0.25, -0.2) is 23.9 Å². The van der Waals surface area contributed by atoms with Crippen LogP contribution in [-0.4, -0.2) is 72.0 Å². The second kappa shape index (κ2) is 17.0. The number of non-ortho nitro benzene ring substituents is 1. The molecule has 3 N–H and O–H groups in total. The third-order valence-corrected chi connectivity index (χ3v) is 9.31. The predicted octanol–water partition coefficient (Wildman–Crippen LogP) is 6.71. The van der Waals surface area contributed by atoms with E-state index in [0.717, 1.165) is 76.3 Å². The van der Waals surface area contributed by atoms with Gasteiger partial charge >= 0.3 is 12.2 Å². The summed E-state index contributed by atoms with van der Waals surface area (Å²) in [5, 5.41) is 31.0. The molecular formula is C34H45FN8O6. The van der Waals surface area contributed by atoms with E-state index in [-0.39, 0.29) is 29.2 Å². The number of nitro groups is 1. The SMILES string of the molecule is Cn1ncc(-c2nc(N[C@H]3CC[C@H](N(CCCCCCCCNC(=O)Oc4ccc([N+](=O)[O-])cc4)C(=O)O)CC3)ncc2F)c1CC1CC1. The van der Waals surface area contributed by atoms with Crippen LogP contribution in [-0.2, 0) is 13.5 Å². The molecule has 5 rings (SSSR count). The fourth-order valence-electron chi connectivity index (χ4n) is 6.36. The van der Waals surface area contributed by atoms with Gasteiger partial charge < -0.3 is 25.4 Å². The lowest BCUT2D eigenvalue weighted by Gasteiger charge is -2.35. The summed E-state index contributed by atoms with van der Waals surface area (Å²) in [4.78, 5) is 44.5. The molecule has 14 nitrogen and oxygen atoms in total. The van der Waals surface area contributed by atoms with Crippen LogP contribution in [0.25, 0.3) is 11.3 Å². The fourth-order valence-corrected chi connectivity index (χ4v) is 6.36. The molecule has 0 atom stereocenters. The first-order chi connectivity index (χ1) is 23.7. The van der Waals surface area contributed by atoms with E-state index >= 15 is 0 Å². The Bertz CT molecular complexity index is 1570. The lowest BCUT2D eigenvalue weighted by Crippen LogP contribution is -2.44. The number of ether oxygens (including phenoxy) is 1. The van der Waals surface area contributed by atoms with Crippen LogP contribution in [0.3, 0.4) is 0 Å². The van der Waals surface area contributed by atoms with Crippen LogP contribution >= 0.6 is 0 Å². The zero-order valence-corrected chi connectivity index (χ0v) is 27.9. The van der Waals surface area contributed by atoms with Crippen LogP contribution in [0.15, 0.2) is 36.7 Å². The van der Waals surface area contributed by atoms with Crippen molar-refractivity contribution >= 4 is 23.8 Å². The standard InChI is InChI=1S/C34H45FN8O6/c1-41-30(20-23-8-9-23)28(21-38-41)31-29(35)22-37-32(40-31)39-24-10-12-25(13-11-24)42(34(45)46)19-7-5-3-2-4-6-18-36-33(44)49-27-16-14-26(15-17-27)43(47)48/h14-17,21-25H,2-13,18-20H2,1H3,(H,36,44)(H,45,46)(H,37,39,40)/t24-,25-. The van der Waals surface area contributed by atoms with Crippen molar-refractivity contribution in [1.82, 2.24) is 30.0 Å². The van der Waals surface area contributed by atoms with Gasteiger partial charge in [0.1, 0.15) is 11.4 Å². The van der Waals surface area contributed by atoms with Gasteiger partial charge in [0.25, 0.3) is 5.69 Å². The largest absolute Gasteiger partial charge is 0.465 e. The number of nitrogens with one attached hydrogen (secondary N) is 2. The highest BCUT2D eigenvalue weighted by atomic mass is 19.1. The highest BCUT2D eigenvalue weighted by Crippen LogP contribution is 2.36. The number of carbonyl (C=O) groups excluding carboxylic acids is 1. The second-order valence-electron chi connectivity index (χ2n) is 13.0. The summed E-state index contributed by atoms with van der Waals surface area (Å²) in [6, 6.07) is 5.33. The number of aromatic nitrogens is 4. The third-order valence-electron chi connectivity index (χ3n) is 9.31. The highest BCUT2D eigenvalue weighted by molar-refractivity contribution is 5.70. The van der Waals surface area contributed by atoms with E-state index in [1.165, 1.54) is 43.3 Å². The number of anilines is 1. The van der Waals surface area contributed by atoms with Crippen LogP contribution in [0.1, 0.15) is 82.7 Å². The Labute approximate surface area is 284 Å². The van der Waals surface area contributed by atoms with Crippen LogP contribution < -0.4 is 15.4 Å². The van der Waals surface area contributed by atoms with Crippen LogP contribution in [0, 0.1) is 21.8 Å². The van der Waals surface area contributed by atoms with Gasteiger partial charge in [0.2, 0.25) is 5.95 Å². The number of unbranched alkanes of at least 4 members (excludes halogenated alkanes) is 5. The van der Waals surface area contributed by atoms with Gasteiger partial charge in [-0.2, -0.15) is 5.10 Å². The van der Waals surface area contributed by atoms with E-state index in [0.29, 0.717) is 30.5 Å². The molecule has 3 aromatic rings. The van der Waals surface area contributed by atoms with E-state index in [9.17, 15) is 29.2 Å². The summed E-state index contributed by atoms with van der Waals surface area (Å²) in [6.07, 6.45) is 12.9. The van der Waals surface area contributed by atoms with Crippen molar-refractivity contribution in [3.8, 4) is 17.0 Å². The van der Waals surface area contributed by atoms with E-state index in [4.69, 9.17) is 4.74 Å². The third kappa shape index (κ3) is 10.3. The minimum absolute atomic E-state index is 0.0440. The molecule has 2 saturated carbocycles. The number of amides is 2. The second-order valence-corrected chi connectivity index (χ2v) is 13.0. The average molecular weight is 681 g/mol. The van der Waals surface area contributed by atoms with E-state index in [1.807, 2.05) is 7.05 Å². The average Bonchev–Trinajstić information content (AvgIpc) is 3.84. The summed E-state index contributed by atoms with van der Waals surface area (Å²) in [6.45, 7) is 0.948. The number of benzene rings is 1. The number of carboxylic acid groups (broad SMARTS) is 1. The molecule has 2 aliphatic carbocycles. The molecule has 264 valence electrons. The fraction of sp³-hybridized carbons (Fsp3) is 0.559. The summed E-state index contributed by atoms with van der Waals surface area (Å²) < 4.78 is 21.8. The maximum Gasteiger partial charge on any atom is 0.412 e. The smallest absolute Gasteiger partial charge is 0.412 e. The number of halogens is 1. The van der Waals surface area contributed by atoms with Crippen LogP contribution in [0.2, 0.25) is 0 Å². The Morgan fingerprint density at radius 3 is 2.41 bits per heavy atom. The molecule has 15 heteroatoms. The lowest BCUT2D eigenvalue weighted by atomic mass is 9.90. The molecule has 49 heavy (non-hydrogen) atoms. The molecule has 0 aliphatic heterocycles. The summed E-state index contributed by atoms with van der Waals surface area (Å²) in [5.41, 5.74) is 1.87. The molecule has 0 spiro atoms. The van der Waals surface area contributed by atoms with E-state index < -0.39 is 22.9 Å². The van der Waals surface area contributed by atoms with Crippen molar-refractivity contribution in [2.45, 2.75) is 95.6 Å². The molecule has 2 aliphatic rings. The Morgan fingerprint density at radius 2 is 1.73 bits per heavy atom. The number of hydrogen-bond acceptors (Lipinski definition) is 9. The number of aryl methyl sites for hydroxylation is 1. The number of rotatable bonds is 17. The first-order valence-electron chi connectivity index (χ1n) is 17.2. The normalized spacial score (nSPS) is 17.3. The maximum absolute atomic E-state index is 14.8. The first kappa shape index (κ1) is 35.5. The van der Waals surface area contributed by atoms with Crippen molar-refractivity contribution in [1.29, 1.82) is 0 Å². The molecule has 0 saturated heterocycles. The van der Waals surface area contributed by atoms with Gasteiger partial charge in [-0.05, 0) is 75.8 Å². The predicted molar refractivity (Wildman–Crippen MR) is 180 cm³/mol. The van der Waals surface area contributed by atoms with Gasteiger partial charge in [0, 0.05) is 55.6 Å². The van der Waals surface area contributed by atoms with Crippen molar-refractivity contribution in [3.63, 3.8) is 0 Å². The summed E-state index contributed by atoms with van der Waals surface area (Å²) >= 11 is 0. The van der Waals surface area contributed by atoms with Crippen molar-refractivity contribution in [2.75, 3.05) is 18.4 Å². The molecule has 1 aromatic carbocycles. The Morgan fingerprint density at radius 1 is 1.04 bits per heavy atom. The summed E-state index contributed by atoms with van der Waals surface area (Å²) in [7, 11) is 1.87. The van der Waals surface area contributed by atoms with Crippen molar-refractivity contribution < 1.29 is 28.7 Å². The number of hydrogen-bond donors (Lipinski definition) is 3. The quantitative estimate of drug-likeness (QED) is 0.0789. The Hall–Kier alpha value is -4.82. The minimum Gasteiger partial charge on any atom is -0.465 e. The van der Waals surface area contributed by atoms with Crippen LogP contribution in [0.4, 0.5) is 25.6 Å². The van der Waals surface area contributed by atoms with Gasteiger partial charge in [0.15, 0.2) is 5.82 Å². The number of nitro benzene ring substituents is 1. The topological polar surface area (TPSA) is 178 Å². The molecule has 2 amide bonds. The number of nitrogens with zero attached hydrogens (tertiary/aromatic N) is 6. The minimum atomic E-state index is -0.895. The first-order valence-corrected chi connectivity index (χ1v) is 17.2. The van der Waals surface area contributed by atoms with Crippen LogP contribution in [0.5, 0.6) is 5.75 Å². The molecule has 2 heterocycles. The summed E-state index contributed by atoms with van der Waals surface area (Å²) in [5.74, 6) is 0.746. The number of carbonyl (C=O) groups is 2. The Kier molecular flexibility index (Phi) is 12.3. The zero-order chi connectivity index (χ0) is 34.8. The molecular weight excluding hydrogens is 635 g/mol. The van der Waals surface area contributed by atoms with Gasteiger partial charge in [0.05, 0.1) is 17.3 Å². The molecule has 0 unspecified atom stereocenters. The highest BCUT2D eigenvalue weighted by Gasteiger charge is 2.30. The lowest BCUT2D eigenvalue weighted by molar-refractivity contribution is -0.384. The Balaban J connectivity index is 0.964. The molecule has 0 bridgehead atoms. The van der Waals surface area contributed by atoms with E-state index in [1.54, 1.807) is 15.8 Å².